The number of halogens is 1. The highest BCUT2D eigenvalue weighted by molar-refractivity contribution is 7.17. The van der Waals surface area contributed by atoms with Gasteiger partial charge in [-0.1, -0.05) is 18.2 Å². The summed E-state index contributed by atoms with van der Waals surface area (Å²) in [4.78, 5) is 0. The van der Waals surface area contributed by atoms with E-state index in [0.717, 1.165) is 18.8 Å². The minimum Gasteiger partial charge on any atom is -0.144 e. The van der Waals surface area contributed by atoms with Crippen molar-refractivity contribution in [3.63, 3.8) is 0 Å². The molecule has 2 heteroatoms. The molecule has 0 saturated heterocycles. The van der Waals surface area contributed by atoms with Crippen LogP contribution < -0.4 is 0 Å². The van der Waals surface area contributed by atoms with Crippen LogP contribution in [0.25, 0.3) is 10.1 Å². The zero-order chi connectivity index (χ0) is 11.0. The first-order chi connectivity index (χ1) is 7.84. The molecule has 1 unspecified atom stereocenters. The molecule has 1 aliphatic rings. The van der Waals surface area contributed by atoms with Gasteiger partial charge in [-0.15, -0.1) is 22.9 Å². The van der Waals surface area contributed by atoms with Crippen LogP contribution in [0.3, 0.4) is 0 Å². The van der Waals surface area contributed by atoms with Crippen LogP contribution in [-0.4, -0.2) is 5.38 Å². The monoisotopic (exact) mass is 250 g/mol. The van der Waals surface area contributed by atoms with Crippen LogP contribution in [0.15, 0.2) is 29.6 Å². The van der Waals surface area contributed by atoms with Gasteiger partial charge in [-0.25, -0.2) is 0 Å². The topological polar surface area (TPSA) is 0 Å². The van der Waals surface area contributed by atoms with E-state index in [-0.39, 0.29) is 0 Å². The minimum absolute atomic E-state index is 0.398. The van der Waals surface area contributed by atoms with E-state index in [2.05, 4.69) is 29.6 Å². The number of aryl methyl sites for hydroxylation is 1. The zero-order valence-electron chi connectivity index (χ0n) is 9.16. The third kappa shape index (κ3) is 2.11. The molecule has 0 aliphatic heterocycles. The summed E-state index contributed by atoms with van der Waals surface area (Å²) < 4.78 is 1.45. The first-order valence-corrected chi connectivity index (χ1v) is 7.25. The molecular weight excluding hydrogens is 236 g/mol. The molecule has 0 N–H and O–H groups in total. The first-order valence-electron chi connectivity index (χ1n) is 5.94. The van der Waals surface area contributed by atoms with Gasteiger partial charge in [0.15, 0.2) is 0 Å². The molecule has 0 radical (unpaired) electrons. The van der Waals surface area contributed by atoms with Gasteiger partial charge in [-0.05, 0) is 54.0 Å². The van der Waals surface area contributed by atoms with Crippen molar-refractivity contribution < 1.29 is 0 Å². The number of rotatable bonds is 4. The summed E-state index contributed by atoms with van der Waals surface area (Å²) in [6.07, 6.45) is 4.94. The van der Waals surface area contributed by atoms with Crippen molar-refractivity contribution in [1.82, 2.24) is 0 Å². The van der Waals surface area contributed by atoms with Crippen LogP contribution >= 0.6 is 22.9 Å². The van der Waals surface area contributed by atoms with E-state index in [1.165, 1.54) is 28.5 Å². The summed E-state index contributed by atoms with van der Waals surface area (Å²) in [5.74, 6) is 0.809. The second-order valence-corrected chi connectivity index (χ2v) is 6.12. The van der Waals surface area contributed by atoms with Gasteiger partial charge in [0.2, 0.25) is 0 Å². The normalized spacial score (nSPS) is 17.8. The fourth-order valence-corrected chi connectivity index (χ4v) is 3.54. The smallest absolute Gasteiger partial charge is 0.0374 e. The maximum Gasteiger partial charge on any atom is 0.0374 e. The Morgan fingerprint density at radius 3 is 3.00 bits per heavy atom. The van der Waals surface area contributed by atoms with Gasteiger partial charge >= 0.3 is 0 Å². The maximum atomic E-state index is 6.36. The molecule has 1 aromatic heterocycles. The average molecular weight is 251 g/mol. The Morgan fingerprint density at radius 1 is 1.31 bits per heavy atom. The summed E-state index contributed by atoms with van der Waals surface area (Å²) >= 11 is 8.20. The molecule has 3 rings (SSSR count). The second-order valence-electron chi connectivity index (χ2n) is 4.65. The van der Waals surface area contributed by atoms with Gasteiger partial charge in [-0.2, -0.15) is 0 Å². The Hall–Kier alpha value is -0.530. The van der Waals surface area contributed by atoms with Gasteiger partial charge in [0.1, 0.15) is 0 Å². The Kier molecular flexibility index (Phi) is 2.91. The van der Waals surface area contributed by atoms with Gasteiger partial charge in [-0.3, -0.25) is 0 Å². The predicted octanol–water partition coefficient (Wildman–Crippen LogP) is 4.85. The lowest BCUT2D eigenvalue weighted by Crippen LogP contribution is -2.02. The molecule has 1 saturated carbocycles. The van der Waals surface area contributed by atoms with Crippen LogP contribution in [0, 0.1) is 5.92 Å². The number of hydrogen-bond acceptors (Lipinski definition) is 1. The van der Waals surface area contributed by atoms with E-state index in [0.29, 0.717) is 5.38 Å². The first kappa shape index (κ1) is 10.6. The molecule has 0 amide bonds. The molecule has 1 heterocycles. The van der Waals surface area contributed by atoms with Crippen molar-refractivity contribution in [3.8, 4) is 0 Å². The Bertz CT molecular complexity index is 484. The predicted molar refractivity (Wildman–Crippen MR) is 72.5 cm³/mol. The molecular formula is C14H15ClS. The van der Waals surface area contributed by atoms with Crippen molar-refractivity contribution >= 4 is 33.0 Å². The second kappa shape index (κ2) is 4.38. The Balaban J connectivity index is 1.75. The lowest BCUT2D eigenvalue weighted by Gasteiger charge is -2.08. The maximum absolute atomic E-state index is 6.36. The summed E-state index contributed by atoms with van der Waals surface area (Å²) in [6, 6.07) is 8.79. The fraction of sp³-hybridized carbons (Fsp3) is 0.429. The van der Waals surface area contributed by atoms with Crippen molar-refractivity contribution in [3.05, 3.63) is 35.2 Å². The highest BCUT2D eigenvalue weighted by atomic mass is 35.5. The van der Waals surface area contributed by atoms with Crippen molar-refractivity contribution in [2.75, 3.05) is 0 Å². The summed E-state index contributed by atoms with van der Waals surface area (Å²) in [7, 11) is 0. The van der Waals surface area contributed by atoms with E-state index in [1.807, 2.05) is 11.3 Å². The van der Waals surface area contributed by atoms with E-state index in [4.69, 9.17) is 11.6 Å². The molecule has 1 aromatic carbocycles. The van der Waals surface area contributed by atoms with E-state index in [1.54, 1.807) is 0 Å². The zero-order valence-corrected chi connectivity index (χ0v) is 10.7. The largest absolute Gasteiger partial charge is 0.144 e. The molecule has 16 heavy (non-hydrogen) atoms. The van der Waals surface area contributed by atoms with E-state index < -0.39 is 0 Å². The molecule has 0 spiro atoms. The number of fused-ring (bicyclic) bond motifs is 1. The molecule has 84 valence electrons. The Morgan fingerprint density at radius 2 is 2.19 bits per heavy atom. The molecule has 1 aliphatic carbocycles. The lowest BCUT2D eigenvalue weighted by atomic mass is 10.0. The van der Waals surface area contributed by atoms with Crippen molar-refractivity contribution in [2.45, 2.75) is 31.1 Å². The number of thiophene rings is 1. The van der Waals surface area contributed by atoms with E-state index >= 15 is 0 Å². The Labute approximate surface area is 105 Å². The number of alkyl halides is 1. The molecule has 2 aromatic rings. The summed E-state index contributed by atoms with van der Waals surface area (Å²) in [5, 5.41) is 3.95. The molecule has 0 bridgehead atoms. The summed E-state index contributed by atoms with van der Waals surface area (Å²) in [5.41, 5.74) is 1.47. The standard InChI is InChI=1S/C14H15ClS/c15-13(10-4-5-10)7-6-11-2-1-3-12-8-9-16-14(11)12/h1-3,8-10,13H,4-7H2. The van der Waals surface area contributed by atoms with Gasteiger partial charge in [0.25, 0.3) is 0 Å². The average Bonchev–Trinajstić information content (AvgIpc) is 3.04. The van der Waals surface area contributed by atoms with Crippen molar-refractivity contribution in [1.29, 1.82) is 0 Å². The van der Waals surface area contributed by atoms with Gasteiger partial charge in [0, 0.05) is 10.1 Å². The van der Waals surface area contributed by atoms with Crippen LogP contribution in [0.2, 0.25) is 0 Å². The third-order valence-electron chi connectivity index (χ3n) is 3.38. The number of benzene rings is 1. The number of hydrogen-bond donors (Lipinski definition) is 0. The van der Waals surface area contributed by atoms with Crippen LogP contribution in [0.4, 0.5) is 0 Å². The quantitative estimate of drug-likeness (QED) is 0.681. The van der Waals surface area contributed by atoms with Crippen LogP contribution in [0.1, 0.15) is 24.8 Å². The third-order valence-corrected chi connectivity index (χ3v) is 4.96. The minimum atomic E-state index is 0.398. The van der Waals surface area contributed by atoms with E-state index in [9.17, 15) is 0 Å². The van der Waals surface area contributed by atoms with Crippen LogP contribution in [0.5, 0.6) is 0 Å². The fourth-order valence-electron chi connectivity index (χ4n) is 2.24. The lowest BCUT2D eigenvalue weighted by molar-refractivity contribution is 0.678. The molecule has 1 fully saturated rings. The van der Waals surface area contributed by atoms with Crippen molar-refractivity contribution in [2.24, 2.45) is 5.92 Å². The van der Waals surface area contributed by atoms with Crippen LogP contribution in [-0.2, 0) is 6.42 Å². The molecule has 1 atom stereocenters. The highest BCUT2D eigenvalue weighted by Gasteiger charge is 2.29. The SMILES string of the molecule is ClC(CCc1cccc2ccsc12)C1CC1. The summed E-state index contributed by atoms with van der Waals surface area (Å²) in [6.45, 7) is 0. The van der Waals surface area contributed by atoms with Gasteiger partial charge in [0.05, 0.1) is 0 Å². The highest BCUT2D eigenvalue weighted by Crippen LogP contribution is 2.38. The molecule has 0 nitrogen and oxygen atoms in total. The van der Waals surface area contributed by atoms with Gasteiger partial charge < -0.3 is 0 Å².